The fourth-order valence-electron chi connectivity index (χ4n) is 2.33. The number of para-hydroxylation sites is 1. The minimum Gasteiger partial charge on any atom is -0.497 e. The number of benzene rings is 2. The Bertz CT molecular complexity index is 945. The highest BCUT2D eigenvalue weighted by Gasteiger charge is 2.13. The molecule has 1 heterocycles. The molecule has 0 radical (unpaired) electrons. The number of ether oxygens (including phenoxy) is 3. The Labute approximate surface area is 159 Å². The third kappa shape index (κ3) is 4.53. The van der Waals surface area contributed by atoms with Crippen molar-refractivity contribution in [3.63, 3.8) is 0 Å². The van der Waals surface area contributed by atoms with Gasteiger partial charge in [0, 0.05) is 10.9 Å². The fourth-order valence-corrected chi connectivity index (χ4v) is 3.06. The second-order valence-corrected chi connectivity index (χ2v) is 6.23. The number of aromatic nitrogens is 1. The molecular formula is C19H17FN2O4S. The van der Waals surface area contributed by atoms with Crippen LogP contribution in [-0.4, -0.2) is 31.7 Å². The molecular weight excluding hydrogens is 371 g/mol. The van der Waals surface area contributed by atoms with Gasteiger partial charge in [0.2, 0.25) is 0 Å². The van der Waals surface area contributed by atoms with Gasteiger partial charge in [0.25, 0.3) is 5.91 Å². The van der Waals surface area contributed by atoms with E-state index in [2.05, 4.69) is 10.3 Å². The first-order chi connectivity index (χ1) is 13.1. The molecule has 0 fully saturated rings. The lowest BCUT2D eigenvalue weighted by atomic mass is 10.1. The van der Waals surface area contributed by atoms with Crippen LogP contribution in [0, 0.1) is 5.82 Å². The Morgan fingerprint density at radius 1 is 1.15 bits per heavy atom. The maximum absolute atomic E-state index is 13.5. The molecule has 0 aliphatic heterocycles. The number of hydrogen-bond acceptors (Lipinski definition) is 6. The third-order valence-corrected chi connectivity index (χ3v) is 4.39. The number of halogens is 1. The van der Waals surface area contributed by atoms with E-state index in [0.717, 1.165) is 5.56 Å². The maximum atomic E-state index is 13.5. The van der Waals surface area contributed by atoms with Crippen molar-refractivity contribution in [2.75, 3.05) is 26.1 Å². The van der Waals surface area contributed by atoms with Crippen LogP contribution in [0.4, 0.5) is 9.52 Å². The summed E-state index contributed by atoms with van der Waals surface area (Å²) in [6, 6.07) is 11.3. The van der Waals surface area contributed by atoms with Crippen LogP contribution in [0.15, 0.2) is 47.8 Å². The van der Waals surface area contributed by atoms with Crippen molar-refractivity contribution in [3.05, 3.63) is 53.7 Å². The topological polar surface area (TPSA) is 69.7 Å². The van der Waals surface area contributed by atoms with Crippen LogP contribution in [-0.2, 0) is 4.79 Å². The van der Waals surface area contributed by atoms with Crippen LogP contribution >= 0.6 is 11.3 Å². The molecule has 3 aromatic rings. The van der Waals surface area contributed by atoms with Crippen LogP contribution in [0.25, 0.3) is 11.3 Å². The van der Waals surface area contributed by atoms with E-state index in [-0.39, 0.29) is 12.4 Å². The predicted molar refractivity (Wildman–Crippen MR) is 101 cm³/mol. The van der Waals surface area contributed by atoms with E-state index in [0.29, 0.717) is 22.3 Å². The first-order valence-corrected chi connectivity index (χ1v) is 8.83. The number of hydrogen-bond donors (Lipinski definition) is 1. The summed E-state index contributed by atoms with van der Waals surface area (Å²) < 4.78 is 29.3. The summed E-state index contributed by atoms with van der Waals surface area (Å²) >= 11 is 1.26. The number of anilines is 1. The van der Waals surface area contributed by atoms with Gasteiger partial charge < -0.3 is 14.2 Å². The molecule has 8 heteroatoms. The zero-order valence-corrected chi connectivity index (χ0v) is 15.5. The van der Waals surface area contributed by atoms with E-state index in [1.54, 1.807) is 49.9 Å². The molecule has 0 atom stereocenters. The van der Waals surface area contributed by atoms with Gasteiger partial charge in [-0.05, 0) is 30.3 Å². The SMILES string of the molecule is COc1ccc(OC)c(-c2csc(NC(=O)COc3ccccc3F)n2)c1. The largest absolute Gasteiger partial charge is 0.497 e. The maximum Gasteiger partial charge on any atom is 0.264 e. The van der Waals surface area contributed by atoms with Crippen molar-refractivity contribution >= 4 is 22.4 Å². The molecule has 3 rings (SSSR count). The van der Waals surface area contributed by atoms with Crippen LogP contribution in [0.3, 0.4) is 0 Å². The molecule has 6 nitrogen and oxygen atoms in total. The molecule has 0 aliphatic carbocycles. The minimum atomic E-state index is -0.521. The molecule has 1 N–H and O–H groups in total. The quantitative estimate of drug-likeness (QED) is 0.663. The Morgan fingerprint density at radius 3 is 2.70 bits per heavy atom. The van der Waals surface area contributed by atoms with E-state index >= 15 is 0 Å². The molecule has 1 amide bonds. The molecule has 0 saturated carbocycles. The summed E-state index contributed by atoms with van der Waals surface area (Å²) in [6.07, 6.45) is 0. The molecule has 0 aliphatic rings. The van der Waals surface area contributed by atoms with Crippen molar-refractivity contribution in [2.45, 2.75) is 0 Å². The monoisotopic (exact) mass is 388 g/mol. The summed E-state index contributed by atoms with van der Waals surface area (Å²) in [7, 11) is 3.15. The number of amides is 1. The average Bonchev–Trinajstić information content (AvgIpc) is 3.15. The summed E-state index contributed by atoms with van der Waals surface area (Å²) in [5, 5.41) is 4.83. The predicted octanol–water partition coefficient (Wildman–Crippen LogP) is 3.98. The summed E-state index contributed by atoms with van der Waals surface area (Å²) in [4.78, 5) is 16.4. The molecule has 0 bridgehead atoms. The number of carbonyl (C=O) groups excluding carboxylic acids is 1. The lowest BCUT2D eigenvalue weighted by Crippen LogP contribution is -2.20. The van der Waals surface area contributed by atoms with E-state index < -0.39 is 11.7 Å². The van der Waals surface area contributed by atoms with Crippen molar-refractivity contribution in [3.8, 4) is 28.5 Å². The van der Waals surface area contributed by atoms with Gasteiger partial charge in [0.15, 0.2) is 23.3 Å². The third-order valence-electron chi connectivity index (χ3n) is 3.63. The van der Waals surface area contributed by atoms with Crippen molar-refractivity contribution in [2.24, 2.45) is 0 Å². The number of rotatable bonds is 7. The molecule has 0 spiro atoms. The van der Waals surface area contributed by atoms with Crippen molar-refractivity contribution in [1.29, 1.82) is 0 Å². The first kappa shape index (κ1) is 18.7. The Morgan fingerprint density at radius 2 is 1.96 bits per heavy atom. The van der Waals surface area contributed by atoms with E-state index in [4.69, 9.17) is 14.2 Å². The normalized spacial score (nSPS) is 10.3. The van der Waals surface area contributed by atoms with Gasteiger partial charge in [-0.25, -0.2) is 9.37 Å². The van der Waals surface area contributed by atoms with Gasteiger partial charge in [-0.15, -0.1) is 11.3 Å². The van der Waals surface area contributed by atoms with Gasteiger partial charge in [0.05, 0.1) is 19.9 Å². The summed E-state index contributed by atoms with van der Waals surface area (Å²) in [6.45, 7) is -0.321. The highest BCUT2D eigenvalue weighted by Crippen LogP contribution is 2.35. The number of nitrogens with zero attached hydrogens (tertiary/aromatic N) is 1. The second-order valence-electron chi connectivity index (χ2n) is 5.37. The minimum absolute atomic E-state index is 0.0218. The van der Waals surface area contributed by atoms with E-state index in [1.807, 2.05) is 0 Å². The summed E-state index contributed by atoms with van der Waals surface area (Å²) in [5.41, 5.74) is 1.39. The number of thiazole rings is 1. The van der Waals surface area contributed by atoms with Gasteiger partial charge in [-0.3, -0.25) is 10.1 Å². The lowest BCUT2D eigenvalue weighted by molar-refractivity contribution is -0.118. The zero-order valence-electron chi connectivity index (χ0n) is 14.7. The molecule has 140 valence electrons. The standard InChI is InChI=1S/C19H17FN2O4S/c1-24-12-7-8-16(25-2)13(9-12)15-11-27-19(21-15)22-18(23)10-26-17-6-4-3-5-14(17)20/h3-9,11H,10H2,1-2H3,(H,21,22,23). The van der Waals surface area contributed by atoms with Gasteiger partial charge in [0.1, 0.15) is 11.5 Å². The Kier molecular flexibility index (Phi) is 5.87. The van der Waals surface area contributed by atoms with Gasteiger partial charge in [-0.2, -0.15) is 0 Å². The lowest BCUT2D eigenvalue weighted by Gasteiger charge is -2.08. The Balaban J connectivity index is 1.67. The van der Waals surface area contributed by atoms with Crippen LogP contribution in [0.5, 0.6) is 17.2 Å². The van der Waals surface area contributed by atoms with E-state index in [9.17, 15) is 9.18 Å². The Hall–Kier alpha value is -3.13. The average molecular weight is 388 g/mol. The molecule has 0 unspecified atom stereocenters. The molecule has 2 aromatic carbocycles. The van der Waals surface area contributed by atoms with E-state index in [1.165, 1.54) is 23.5 Å². The molecule has 27 heavy (non-hydrogen) atoms. The highest BCUT2D eigenvalue weighted by atomic mass is 32.1. The van der Waals surface area contributed by atoms with Crippen LogP contribution < -0.4 is 19.5 Å². The highest BCUT2D eigenvalue weighted by molar-refractivity contribution is 7.14. The smallest absolute Gasteiger partial charge is 0.264 e. The number of nitrogens with one attached hydrogen (secondary N) is 1. The van der Waals surface area contributed by atoms with Gasteiger partial charge in [-0.1, -0.05) is 12.1 Å². The fraction of sp³-hybridized carbons (Fsp3) is 0.158. The van der Waals surface area contributed by atoms with Gasteiger partial charge >= 0.3 is 0 Å². The number of methoxy groups -OCH3 is 2. The first-order valence-electron chi connectivity index (χ1n) is 7.96. The molecule has 0 saturated heterocycles. The van der Waals surface area contributed by atoms with Crippen LogP contribution in [0.2, 0.25) is 0 Å². The molecule has 1 aromatic heterocycles. The van der Waals surface area contributed by atoms with Crippen molar-refractivity contribution < 1.29 is 23.4 Å². The number of carbonyl (C=O) groups is 1. The van der Waals surface area contributed by atoms with Crippen molar-refractivity contribution in [1.82, 2.24) is 4.98 Å². The van der Waals surface area contributed by atoms with Crippen LogP contribution in [0.1, 0.15) is 0 Å². The zero-order chi connectivity index (χ0) is 19.2. The summed E-state index contributed by atoms with van der Waals surface area (Å²) in [5.74, 6) is 0.377. The second kappa shape index (κ2) is 8.50.